The Balaban J connectivity index is 1.87. The molecule has 3 nitrogen and oxygen atoms in total. The second-order valence-electron chi connectivity index (χ2n) is 7.81. The van der Waals surface area contributed by atoms with Crippen LogP contribution in [-0.2, 0) is 25.0 Å². The third-order valence-electron chi connectivity index (χ3n) is 4.13. The molecule has 1 N–H and O–H groups in total. The van der Waals surface area contributed by atoms with Crippen molar-refractivity contribution < 1.29 is 0 Å². The molecule has 4 heteroatoms. The van der Waals surface area contributed by atoms with E-state index in [1.54, 1.807) is 0 Å². The highest BCUT2D eigenvalue weighted by Gasteiger charge is 2.17. The van der Waals surface area contributed by atoms with Gasteiger partial charge in [-0.1, -0.05) is 45.0 Å². The molecule has 0 aliphatic heterocycles. The fourth-order valence-electron chi connectivity index (χ4n) is 2.37. The van der Waals surface area contributed by atoms with Crippen LogP contribution in [0.2, 0.25) is 0 Å². The maximum Gasteiger partial charge on any atom is 0.0981 e. The van der Waals surface area contributed by atoms with Crippen LogP contribution in [0.1, 0.15) is 55.6 Å². The first-order chi connectivity index (χ1) is 11.3. The second kappa shape index (κ2) is 8.24. The average Bonchev–Trinajstić information content (AvgIpc) is 2.96. The summed E-state index contributed by atoms with van der Waals surface area (Å²) < 4.78 is 0. The molecule has 0 spiro atoms. The van der Waals surface area contributed by atoms with Gasteiger partial charge in [0.15, 0.2) is 0 Å². The quantitative estimate of drug-likeness (QED) is 0.797. The van der Waals surface area contributed by atoms with Crippen molar-refractivity contribution in [2.75, 3.05) is 7.05 Å². The van der Waals surface area contributed by atoms with E-state index in [0.717, 1.165) is 19.6 Å². The molecule has 1 heterocycles. The highest BCUT2D eigenvalue weighted by atomic mass is 32.1. The van der Waals surface area contributed by atoms with E-state index >= 15 is 0 Å². The van der Waals surface area contributed by atoms with E-state index in [1.165, 1.54) is 21.0 Å². The van der Waals surface area contributed by atoms with Gasteiger partial charge in [-0.15, -0.1) is 11.3 Å². The van der Waals surface area contributed by atoms with Crippen LogP contribution < -0.4 is 5.32 Å². The van der Waals surface area contributed by atoms with Crippen LogP contribution in [0.25, 0.3) is 0 Å². The largest absolute Gasteiger partial charge is 0.308 e. The van der Waals surface area contributed by atoms with Gasteiger partial charge in [0.2, 0.25) is 0 Å². The molecule has 0 fully saturated rings. The topological polar surface area (TPSA) is 28.2 Å². The molecule has 0 amide bonds. The molecule has 0 saturated carbocycles. The monoisotopic (exact) mass is 345 g/mol. The summed E-state index contributed by atoms with van der Waals surface area (Å²) in [4.78, 5) is 8.21. The van der Waals surface area contributed by atoms with Crippen molar-refractivity contribution >= 4 is 11.3 Å². The van der Waals surface area contributed by atoms with Crippen molar-refractivity contribution in [1.82, 2.24) is 15.2 Å². The van der Waals surface area contributed by atoms with E-state index in [-0.39, 0.29) is 5.41 Å². The van der Waals surface area contributed by atoms with E-state index in [0.29, 0.717) is 6.04 Å². The minimum atomic E-state index is 0.139. The normalized spacial score (nSPS) is 12.3. The lowest BCUT2D eigenvalue weighted by atomic mass is 9.98. The Morgan fingerprint density at radius 3 is 2.50 bits per heavy atom. The number of hydrogen-bond acceptors (Lipinski definition) is 4. The van der Waals surface area contributed by atoms with E-state index < -0.39 is 0 Å². The number of benzene rings is 1. The van der Waals surface area contributed by atoms with Crippen molar-refractivity contribution in [1.29, 1.82) is 0 Å². The van der Waals surface area contributed by atoms with Crippen LogP contribution >= 0.6 is 11.3 Å². The molecule has 24 heavy (non-hydrogen) atoms. The van der Waals surface area contributed by atoms with Gasteiger partial charge in [0.05, 0.1) is 5.01 Å². The Morgan fingerprint density at radius 1 is 1.17 bits per heavy atom. The summed E-state index contributed by atoms with van der Waals surface area (Å²) >= 11 is 1.81. The van der Waals surface area contributed by atoms with Crippen molar-refractivity contribution in [3.63, 3.8) is 0 Å². The SMILES string of the molecule is CC(C)N(C)Cc1cccc(CNCc2cnc(C(C)(C)C)s2)c1. The van der Waals surface area contributed by atoms with Crippen LogP contribution in [0.3, 0.4) is 0 Å². The van der Waals surface area contributed by atoms with Gasteiger partial charge < -0.3 is 5.32 Å². The predicted octanol–water partition coefficient (Wildman–Crippen LogP) is 4.57. The highest BCUT2D eigenvalue weighted by Crippen LogP contribution is 2.26. The molecular weight excluding hydrogens is 314 g/mol. The Kier molecular flexibility index (Phi) is 6.55. The maximum atomic E-state index is 4.55. The summed E-state index contributed by atoms with van der Waals surface area (Å²) in [5, 5.41) is 4.75. The Labute approximate surface area is 151 Å². The molecule has 2 rings (SSSR count). The molecule has 0 unspecified atom stereocenters. The number of hydrogen-bond donors (Lipinski definition) is 1. The van der Waals surface area contributed by atoms with E-state index in [1.807, 2.05) is 17.5 Å². The molecule has 2 aromatic rings. The van der Waals surface area contributed by atoms with Crippen LogP contribution in [-0.4, -0.2) is 23.0 Å². The summed E-state index contributed by atoms with van der Waals surface area (Å²) in [6.07, 6.45) is 2.01. The molecule has 1 aromatic carbocycles. The molecule has 0 radical (unpaired) electrons. The van der Waals surface area contributed by atoms with Crippen LogP contribution in [0, 0.1) is 0 Å². The van der Waals surface area contributed by atoms with Crippen molar-refractivity contribution in [3.8, 4) is 0 Å². The number of aromatic nitrogens is 1. The molecule has 1 aromatic heterocycles. The third kappa shape index (κ3) is 5.69. The first-order valence-corrected chi connectivity index (χ1v) is 9.51. The zero-order valence-electron chi connectivity index (χ0n) is 15.9. The van der Waals surface area contributed by atoms with Gasteiger partial charge in [-0.05, 0) is 32.0 Å². The lowest BCUT2D eigenvalue weighted by Crippen LogP contribution is -2.25. The average molecular weight is 346 g/mol. The molecule has 0 atom stereocenters. The zero-order valence-corrected chi connectivity index (χ0v) is 16.7. The van der Waals surface area contributed by atoms with Gasteiger partial charge in [0, 0.05) is 42.2 Å². The predicted molar refractivity (Wildman–Crippen MR) is 104 cm³/mol. The summed E-state index contributed by atoms with van der Waals surface area (Å²) in [6, 6.07) is 9.43. The number of thiazole rings is 1. The highest BCUT2D eigenvalue weighted by molar-refractivity contribution is 7.11. The Morgan fingerprint density at radius 2 is 1.88 bits per heavy atom. The van der Waals surface area contributed by atoms with Gasteiger partial charge in [0.25, 0.3) is 0 Å². The maximum absolute atomic E-state index is 4.55. The van der Waals surface area contributed by atoms with Crippen LogP contribution in [0.15, 0.2) is 30.5 Å². The molecule has 0 saturated heterocycles. The number of nitrogens with one attached hydrogen (secondary N) is 1. The summed E-state index contributed by atoms with van der Waals surface area (Å²) in [7, 11) is 2.17. The molecule has 132 valence electrons. The van der Waals surface area contributed by atoms with Gasteiger partial charge in [-0.25, -0.2) is 4.98 Å². The lowest BCUT2D eigenvalue weighted by molar-refractivity contribution is 0.266. The standard InChI is InChI=1S/C20H31N3S/c1-15(2)23(6)14-17-9-7-8-16(10-17)11-21-12-18-13-22-19(24-18)20(3,4)5/h7-10,13,15,21H,11-12,14H2,1-6H3. The summed E-state index contributed by atoms with van der Waals surface area (Å²) in [5.74, 6) is 0. The summed E-state index contributed by atoms with van der Waals surface area (Å²) in [5.41, 5.74) is 2.85. The van der Waals surface area contributed by atoms with Crippen molar-refractivity contribution in [2.24, 2.45) is 0 Å². The molecule has 0 aliphatic rings. The van der Waals surface area contributed by atoms with Crippen LogP contribution in [0.5, 0.6) is 0 Å². The Hall–Kier alpha value is -1.23. The molecule has 0 aliphatic carbocycles. The van der Waals surface area contributed by atoms with Crippen molar-refractivity contribution in [2.45, 2.75) is 65.7 Å². The number of rotatable bonds is 7. The number of nitrogens with zero attached hydrogens (tertiary/aromatic N) is 2. The van der Waals surface area contributed by atoms with Gasteiger partial charge in [-0.3, -0.25) is 4.90 Å². The van der Waals surface area contributed by atoms with Crippen molar-refractivity contribution in [3.05, 3.63) is 51.5 Å². The van der Waals surface area contributed by atoms with E-state index in [2.05, 4.69) is 81.1 Å². The molecular formula is C20H31N3S. The van der Waals surface area contributed by atoms with Crippen LogP contribution in [0.4, 0.5) is 0 Å². The van der Waals surface area contributed by atoms with Gasteiger partial charge >= 0.3 is 0 Å². The van der Waals surface area contributed by atoms with E-state index in [4.69, 9.17) is 0 Å². The fourth-order valence-corrected chi connectivity index (χ4v) is 3.31. The van der Waals surface area contributed by atoms with Gasteiger partial charge in [0.1, 0.15) is 0 Å². The molecule has 0 bridgehead atoms. The smallest absolute Gasteiger partial charge is 0.0981 e. The lowest BCUT2D eigenvalue weighted by Gasteiger charge is -2.21. The zero-order chi connectivity index (χ0) is 17.7. The van der Waals surface area contributed by atoms with E-state index in [9.17, 15) is 0 Å². The minimum absolute atomic E-state index is 0.139. The first kappa shape index (κ1) is 19.1. The fraction of sp³-hybridized carbons (Fsp3) is 0.550. The van der Waals surface area contributed by atoms with Gasteiger partial charge in [-0.2, -0.15) is 0 Å². The Bertz CT molecular complexity index is 640. The second-order valence-corrected chi connectivity index (χ2v) is 8.93. The third-order valence-corrected chi connectivity index (χ3v) is 5.55. The first-order valence-electron chi connectivity index (χ1n) is 8.69. The minimum Gasteiger partial charge on any atom is -0.308 e. The summed E-state index contributed by atoms with van der Waals surface area (Å²) in [6.45, 7) is 13.9.